The summed E-state index contributed by atoms with van der Waals surface area (Å²) < 4.78 is 6.88. The van der Waals surface area contributed by atoms with Gasteiger partial charge < -0.3 is 15.0 Å². The van der Waals surface area contributed by atoms with Crippen LogP contribution < -0.4 is 10.1 Å². The monoisotopic (exact) mass is 488 g/mol. The molecule has 0 bridgehead atoms. The van der Waals surface area contributed by atoms with E-state index < -0.39 is 6.04 Å². The van der Waals surface area contributed by atoms with Gasteiger partial charge in [-0.25, -0.2) is 0 Å². The number of nitrogens with one attached hydrogen (secondary N) is 1. The molecule has 0 aliphatic rings. The number of hydrogen-bond acceptors (Lipinski definition) is 3. The third-order valence-corrected chi connectivity index (χ3v) is 6.44. The summed E-state index contributed by atoms with van der Waals surface area (Å²) in [6, 6.07) is 11.2. The maximum absolute atomic E-state index is 13.3. The zero-order chi connectivity index (χ0) is 23.1. The van der Waals surface area contributed by atoms with Crippen LogP contribution in [-0.4, -0.2) is 35.4 Å². The molecule has 0 heterocycles. The molecule has 0 spiro atoms. The summed E-state index contributed by atoms with van der Waals surface area (Å²) in [5.41, 5.74) is 4.19. The van der Waals surface area contributed by atoms with Crippen molar-refractivity contribution in [2.75, 3.05) is 6.61 Å². The smallest absolute Gasteiger partial charge is 0.261 e. The number of amides is 2. The topological polar surface area (TPSA) is 58.6 Å². The highest BCUT2D eigenvalue weighted by Crippen LogP contribution is 2.26. The summed E-state index contributed by atoms with van der Waals surface area (Å²) in [7, 11) is 0. The quantitative estimate of drug-likeness (QED) is 0.534. The molecule has 2 aromatic rings. The maximum atomic E-state index is 13.3. The molecule has 31 heavy (non-hydrogen) atoms. The van der Waals surface area contributed by atoms with E-state index in [1.54, 1.807) is 4.90 Å². The molecule has 168 valence electrons. The number of carbonyl (C=O) groups excluding carboxylic acids is 2. The fraction of sp³-hybridized carbons (Fsp3) is 0.440. The molecule has 0 saturated heterocycles. The van der Waals surface area contributed by atoms with Crippen LogP contribution in [0, 0.1) is 20.8 Å². The van der Waals surface area contributed by atoms with Crippen molar-refractivity contribution in [3.05, 3.63) is 63.1 Å². The fourth-order valence-electron chi connectivity index (χ4n) is 3.49. The van der Waals surface area contributed by atoms with Gasteiger partial charge in [-0.1, -0.05) is 47.1 Å². The Labute approximate surface area is 194 Å². The Kier molecular flexibility index (Phi) is 9.11. The lowest BCUT2D eigenvalue weighted by Crippen LogP contribution is -2.51. The van der Waals surface area contributed by atoms with Crippen molar-refractivity contribution in [2.45, 2.75) is 66.6 Å². The minimum atomic E-state index is -0.563. The van der Waals surface area contributed by atoms with Crippen molar-refractivity contribution in [2.24, 2.45) is 0 Å². The number of aryl methyl sites for hydroxylation is 3. The number of halogens is 1. The van der Waals surface area contributed by atoms with Gasteiger partial charge in [0.1, 0.15) is 11.8 Å². The Hall–Kier alpha value is -2.34. The molecular weight excluding hydrogens is 456 g/mol. The van der Waals surface area contributed by atoms with Crippen LogP contribution in [0.3, 0.4) is 0 Å². The average molecular weight is 489 g/mol. The first kappa shape index (κ1) is 24.9. The molecule has 0 aliphatic heterocycles. The number of ether oxygens (including phenoxy) is 1. The number of carbonyl (C=O) groups is 2. The van der Waals surface area contributed by atoms with Gasteiger partial charge in [0.15, 0.2) is 6.61 Å². The maximum Gasteiger partial charge on any atom is 0.261 e. The third kappa shape index (κ3) is 6.82. The summed E-state index contributed by atoms with van der Waals surface area (Å²) in [5.74, 6) is 0.282. The standard InChI is InChI=1S/C25H33BrN2O3/c1-7-22(25(30)27-16(2)3)28(14-20-11-9-8-10-17(20)4)23(29)15-31-21-12-18(5)24(26)19(6)13-21/h8-13,16,22H,7,14-15H2,1-6H3,(H,27,30). The van der Waals surface area contributed by atoms with E-state index in [2.05, 4.69) is 21.2 Å². The minimum Gasteiger partial charge on any atom is -0.484 e. The van der Waals surface area contributed by atoms with Crippen molar-refractivity contribution in [1.29, 1.82) is 0 Å². The average Bonchev–Trinajstić information content (AvgIpc) is 2.70. The molecule has 0 aliphatic carbocycles. The van der Waals surface area contributed by atoms with Gasteiger partial charge in [-0.05, 0) is 75.4 Å². The zero-order valence-electron chi connectivity index (χ0n) is 19.3. The molecule has 0 fully saturated rings. The fourth-order valence-corrected chi connectivity index (χ4v) is 3.72. The highest BCUT2D eigenvalue weighted by Gasteiger charge is 2.29. The van der Waals surface area contributed by atoms with Crippen molar-refractivity contribution in [3.8, 4) is 5.75 Å². The molecule has 1 unspecified atom stereocenters. The first-order valence-corrected chi connectivity index (χ1v) is 11.5. The van der Waals surface area contributed by atoms with Crippen LogP contribution in [-0.2, 0) is 16.1 Å². The summed E-state index contributed by atoms with van der Waals surface area (Å²) in [6.45, 7) is 12.0. The van der Waals surface area contributed by atoms with E-state index in [0.29, 0.717) is 18.7 Å². The number of rotatable bonds is 9. The number of benzene rings is 2. The predicted molar refractivity (Wildman–Crippen MR) is 128 cm³/mol. The molecule has 0 radical (unpaired) electrons. The summed E-state index contributed by atoms with van der Waals surface area (Å²) in [5, 5.41) is 2.95. The van der Waals surface area contributed by atoms with E-state index in [1.807, 2.05) is 77.9 Å². The molecule has 2 rings (SSSR count). The van der Waals surface area contributed by atoms with Crippen LogP contribution in [0.15, 0.2) is 40.9 Å². The lowest BCUT2D eigenvalue weighted by atomic mass is 10.1. The third-order valence-electron chi connectivity index (χ3n) is 5.19. The van der Waals surface area contributed by atoms with Gasteiger partial charge in [0, 0.05) is 17.1 Å². The van der Waals surface area contributed by atoms with Crippen LogP contribution in [0.1, 0.15) is 49.4 Å². The molecule has 1 atom stereocenters. The summed E-state index contributed by atoms with van der Waals surface area (Å²) in [6.07, 6.45) is 0.521. The van der Waals surface area contributed by atoms with E-state index in [0.717, 1.165) is 26.7 Å². The highest BCUT2D eigenvalue weighted by molar-refractivity contribution is 9.10. The number of nitrogens with zero attached hydrogens (tertiary/aromatic N) is 1. The van der Waals surface area contributed by atoms with Crippen molar-refractivity contribution in [3.63, 3.8) is 0 Å². The summed E-state index contributed by atoms with van der Waals surface area (Å²) in [4.78, 5) is 27.8. The first-order chi connectivity index (χ1) is 14.6. The Morgan fingerprint density at radius 2 is 1.68 bits per heavy atom. The van der Waals surface area contributed by atoms with Gasteiger partial charge in [-0.2, -0.15) is 0 Å². The van der Waals surface area contributed by atoms with Crippen LogP contribution in [0.5, 0.6) is 5.75 Å². The first-order valence-electron chi connectivity index (χ1n) is 10.7. The highest BCUT2D eigenvalue weighted by atomic mass is 79.9. The second-order valence-electron chi connectivity index (χ2n) is 8.20. The zero-order valence-corrected chi connectivity index (χ0v) is 20.9. The SMILES string of the molecule is CCC(C(=O)NC(C)C)N(Cc1ccccc1C)C(=O)COc1cc(C)c(Br)c(C)c1. The number of hydrogen-bond donors (Lipinski definition) is 1. The Balaban J connectivity index is 2.26. The molecule has 2 aromatic carbocycles. The van der Waals surface area contributed by atoms with Crippen LogP contribution in [0.4, 0.5) is 0 Å². The molecule has 2 amide bonds. The predicted octanol–water partition coefficient (Wildman–Crippen LogP) is 5.09. The van der Waals surface area contributed by atoms with E-state index in [9.17, 15) is 9.59 Å². The van der Waals surface area contributed by atoms with Gasteiger partial charge in [0.05, 0.1) is 0 Å². The van der Waals surface area contributed by atoms with Crippen LogP contribution in [0.2, 0.25) is 0 Å². The molecule has 1 N–H and O–H groups in total. The van der Waals surface area contributed by atoms with E-state index in [4.69, 9.17) is 4.74 Å². The van der Waals surface area contributed by atoms with E-state index in [-0.39, 0.29) is 24.5 Å². The van der Waals surface area contributed by atoms with Gasteiger partial charge >= 0.3 is 0 Å². The minimum absolute atomic E-state index is 0.00179. The Morgan fingerprint density at radius 3 is 2.23 bits per heavy atom. The van der Waals surface area contributed by atoms with Crippen LogP contribution >= 0.6 is 15.9 Å². The molecular formula is C25H33BrN2O3. The normalized spacial score (nSPS) is 11.9. The Morgan fingerprint density at radius 1 is 1.06 bits per heavy atom. The van der Waals surface area contributed by atoms with Crippen molar-refractivity contribution < 1.29 is 14.3 Å². The lowest BCUT2D eigenvalue weighted by Gasteiger charge is -2.31. The second kappa shape index (κ2) is 11.3. The van der Waals surface area contributed by atoms with Crippen molar-refractivity contribution >= 4 is 27.7 Å². The van der Waals surface area contributed by atoms with Gasteiger partial charge in [-0.3, -0.25) is 9.59 Å². The summed E-state index contributed by atoms with van der Waals surface area (Å²) >= 11 is 3.55. The molecule has 5 nitrogen and oxygen atoms in total. The van der Waals surface area contributed by atoms with Crippen LogP contribution in [0.25, 0.3) is 0 Å². The molecule has 0 saturated carbocycles. The Bertz CT molecular complexity index is 904. The largest absolute Gasteiger partial charge is 0.484 e. The van der Waals surface area contributed by atoms with Crippen molar-refractivity contribution in [1.82, 2.24) is 10.2 Å². The van der Waals surface area contributed by atoms with Gasteiger partial charge in [-0.15, -0.1) is 0 Å². The second-order valence-corrected chi connectivity index (χ2v) is 8.99. The van der Waals surface area contributed by atoms with Gasteiger partial charge in [0.25, 0.3) is 5.91 Å². The van der Waals surface area contributed by atoms with E-state index >= 15 is 0 Å². The molecule has 0 aromatic heterocycles. The van der Waals surface area contributed by atoms with E-state index in [1.165, 1.54) is 0 Å². The molecule has 6 heteroatoms. The van der Waals surface area contributed by atoms with Gasteiger partial charge in [0.2, 0.25) is 5.91 Å². The lowest BCUT2D eigenvalue weighted by molar-refractivity contribution is -0.143.